The molecule has 2 saturated heterocycles. The van der Waals surface area contributed by atoms with Crippen molar-refractivity contribution < 1.29 is 28.5 Å². The molecule has 0 bridgehead atoms. The van der Waals surface area contributed by atoms with E-state index in [1.807, 2.05) is 34.9 Å². The van der Waals surface area contributed by atoms with Crippen LogP contribution in [0.3, 0.4) is 0 Å². The quantitative estimate of drug-likeness (QED) is 0.367. The van der Waals surface area contributed by atoms with Crippen LogP contribution in [0.4, 0.5) is 8.78 Å². The smallest absolute Gasteiger partial charge is 0.251 e. The zero-order valence-electron chi connectivity index (χ0n) is 26.0. The highest BCUT2D eigenvalue weighted by molar-refractivity contribution is 5.80. The Morgan fingerprint density at radius 1 is 1.11 bits per heavy atom. The van der Waals surface area contributed by atoms with Gasteiger partial charge in [-0.1, -0.05) is 30.3 Å². The van der Waals surface area contributed by atoms with E-state index in [1.165, 1.54) is 6.92 Å². The number of amides is 1. The van der Waals surface area contributed by atoms with E-state index in [-0.39, 0.29) is 35.2 Å². The van der Waals surface area contributed by atoms with Crippen molar-refractivity contribution >= 4 is 5.91 Å². The van der Waals surface area contributed by atoms with Gasteiger partial charge in [0.2, 0.25) is 0 Å². The first kappa shape index (κ1) is 32.2. The van der Waals surface area contributed by atoms with Crippen molar-refractivity contribution in [2.24, 2.45) is 11.8 Å². The minimum absolute atomic E-state index is 0.0317. The first-order chi connectivity index (χ1) is 20.9. The molecule has 0 spiro atoms. The van der Waals surface area contributed by atoms with Crippen molar-refractivity contribution in [1.82, 2.24) is 19.4 Å². The number of nitrogens with zero attached hydrogens (tertiary/aromatic N) is 4. The lowest BCUT2D eigenvalue weighted by molar-refractivity contribution is -0.145. The molecule has 2 aliphatic heterocycles. The maximum absolute atomic E-state index is 15.1. The standard InChI is InChI=1S/C34H44F2N4O4/c1-22(41)33(43)40(19-25-18-39(21-30(25)42)34(2,3)4)31(24-12-14-44-15-13-24)32-37-29(27-16-26(35)10-11-28(27)36)20-38(32)17-23-8-6-5-7-9-23/h5-11,16,20,22,24-25,30-31,41-42H,12-15,17-19,21H2,1-4H3/t22-,25+,30+,31+/m0/s1. The Hall–Kier alpha value is -3.18. The number of aromatic nitrogens is 2. The Morgan fingerprint density at radius 2 is 1.82 bits per heavy atom. The molecule has 0 saturated carbocycles. The fraction of sp³-hybridized carbons (Fsp3) is 0.529. The molecular weight excluding hydrogens is 566 g/mol. The molecule has 3 heterocycles. The van der Waals surface area contributed by atoms with Crippen LogP contribution in [0.25, 0.3) is 11.3 Å². The molecule has 2 aliphatic rings. The maximum atomic E-state index is 15.1. The summed E-state index contributed by atoms with van der Waals surface area (Å²) in [6, 6.07) is 12.4. The second-order valence-corrected chi connectivity index (χ2v) is 13.2. The summed E-state index contributed by atoms with van der Waals surface area (Å²) in [4.78, 5) is 22.7. The monoisotopic (exact) mass is 610 g/mol. The van der Waals surface area contributed by atoms with Gasteiger partial charge in [-0.2, -0.15) is 0 Å². The predicted molar refractivity (Wildman–Crippen MR) is 164 cm³/mol. The number of benzene rings is 2. The molecule has 1 amide bonds. The number of rotatable bonds is 9. The Labute approximate surface area is 258 Å². The first-order valence-corrected chi connectivity index (χ1v) is 15.5. The summed E-state index contributed by atoms with van der Waals surface area (Å²) in [7, 11) is 0. The summed E-state index contributed by atoms with van der Waals surface area (Å²) in [5.74, 6) is -1.45. The predicted octanol–water partition coefficient (Wildman–Crippen LogP) is 4.64. The molecule has 2 N–H and O–H groups in total. The molecule has 8 nitrogen and oxygen atoms in total. The molecule has 0 unspecified atom stereocenters. The topological polar surface area (TPSA) is 91.1 Å². The molecule has 1 aromatic heterocycles. The van der Waals surface area contributed by atoms with Crippen LogP contribution in [0.5, 0.6) is 0 Å². The van der Waals surface area contributed by atoms with Crippen LogP contribution in [0.15, 0.2) is 54.7 Å². The van der Waals surface area contributed by atoms with Gasteiger partial charge in [0.15, 0.2) is 0 Å². The Bertz CT molecular complexity index is 1420. The van der Waals surface area contributed by atoms with E-state index in [1.54, 1.807) is 11.1 Å². The summed E-state index contributed by atoms with van der Waals surface area (Å²) < 4.78 is 37.0. The van der Waals surface area contributed by atoms with Crippen molar-refractivity contribution in [2.75, 3.05) is 32.8 Å². The number of likely N-dealkylation sites (tertiary alicyclic amines) is 1. The van der Waals surface area contributed by atoms with Crippen molar-refractivity contribution in [2.45, 2.75) is 70.9 Å². The molecule has 238 valence electrons. The Kier molecular flexibility index (Phi) is 9.84. The third kappa shape index (κ3) is 7.20. The van der Waals surface area contributed by atoms with Crippen molar-refractivity contribution in [1.29, 1.82) is 0 Å². The Morgan fingerprint density at radius 3 is 2.45 bits per heavy atom. The zero-order valence-corrected chi connectivity index (χ0v) is 26.0. The van der Waals surface area contributed by atoms with Gasteiger partial charge in [0.1, 0.15) is 23.6 Å². The average Bonchev–Trinajstić information content (AvgIpc) is 3.57. The van der Waals surface area contributed by atoms with Gasteiger partial charge in [-0.25, -0.2) is 13.8 Å². The van der Waals surface area contributed by atoms with Crippen LogP contribution in [-0.2, 0) is 16.1 Å². The van der Waals surface area contributed by atoms with Gasteiger partial charge >= 0.3 is 0 Å². The highest BCUT2D eigenvalue weighted by atomic mass is 19.1. The second kappa shape index (κ2) is 13.4. The van der Waals surface area contributed by atoms with Crippen molar-refractivity contribution in [3.05, 3.63) is 77.8 Å². The summed E-state index contributed by atoms with van der Waals surface area (Å²) in [6.07, 6.45) is 1.07. The van der Waals surface area contributed by atoms with Crippen molar-refractivity contribution in [3.63, 3.8) is 0 Å². The minimum atomic E-state index is -1.28. The molecule has 0 aliphatic carbocycles. The molecule has 10 heteroatoms. The SMILES string of the molecule is C[C@H](O)C(=O)N(C[C@H]1CN(C(C)(C)C)C[C@H]1O)[C@@H](c1nc(-c2cc(F)ccc2F)cn1Cc1ccccc1)C1CCOCC1. The summed E-state index contributed by atoms with van der Waals surface area (Å²) >= 11 is 0. The number of hydrogen-bond acceptors (Lipinski definition) is 6. The van der Waals surface area contributed by atoms with Crippen LogP contribution in [0, 0.1) is 23.5 Å². The molecule has 0 radical (unpaired) electrons. The van der Waals surface area contributed by atoms with Crippen LogP contribution in [-0.4, -0.2) is 86.1 Å². The number of ether oxygens (including phenoxy) is 1. The summed E-state index contributed by atoms with van der Waals surface area (Å²) in [5, 5.41) is 21.8. The fourth-order valence-corrected chi connectivity index (χ4v) is 6.45. The van der Waals surface area contributed by atoms with Crippen molar-refractivity contribution in [3.8, 4) is 11.3 Å². The van der Waals surface area contributed by atoms with Gasteiger partial charge in [-0.15, -0.1) is 0 Å². The molecule has 4 atom stereocenters. The van der Waals surface area contributed by atoms with Crippen LogP contribution in [0.1, 0.15) is 58.0 Å². The highest BCUT2D eigenvalue weighted by Gasteiger charge is 2.43. The van der Waals surface area contributed by atoms with Crippen LogP contribution in [0.2, 0.25) is 0 Å². The second-order valence-electron chi connectivity index (χ2n) is 13.2. The number of carbonyl (C=O) groups excluding carboxylic acids is 1. The average molecular weight is 611 g/mol. The number of aliphatic hydroxyl groups excluding tert-OH is 2. The number of hydrogen-bond donors (Lipinski definition) is 2. The van der Waals surface area contributed by atoms with Gasteiger partial charge in [-0.05, 0) is 70.2 Å². The minimum Gasteiger partial charge on any atom is -0.391 e. The van der Waals surface area contributed by atoms with Crippen LogP contribution < -0.4 is 0 Å². The fourth-order valence-electron chi connectivity index (χ4n) is 6.45. The van der Waals surface area contributed by atoms with Gasteiger partial charge in [0.05, 0.1) is 17.8 Å². The van der Waals surface area contributed by atoms with Gasteiger partial charge in [0, 0.05) is 62.6 Å². The molecule has 44 heavy (non-hydrogen) atoms. The number of β-amino-alcohol motifs (C(OH)–C–C–N with tert-alkyl or cyclic N) is 1. The normalized spacial score (nSPS) is 21.4. The van der Waals surface area contributed by atoms with Crippen LogP contribution >= 0.6 is 0 Å². The van der Waals surface area contributed by atoms with Gasteiger partial charge in [0.25, 0.3) is 5.91 Å². The lowest BCUT2D eigenvalue weighted by Crippen LogP contribution is -2.48. The Balaban J connectivity index is 1.63. The lowest BCUT2D eigenvalue weighted by atomic mass is 9.88. The summed E-state index contributed by atoms with van der Waals surface area (Å²) in [6.45, 7) is 10.4. The molecule has 2 aromatic carbocycles. The van der Waals surface area contributed by atoms with Gasteiger partial charge < -0.3 is 24.4 Å². The molecular formula is C34H44F2N4O4. The number of imidazole rings is 1. The molecule has 5 rings (SSSR count). The molecule has 2 fully saturated rings. The largest absolute Gasteiger partial charge is 0.391 e. The third-order valence-electron chi connectivity index (χ3n) is 8.95. The molecule has 3 aromatic rings. The van der Waals surface area contributed by atoms with E-state index >= 15 is 4.39 Å². The van der Waals surface area contributed by atoms with E-state index < -0.39 is 35.8 Å². The summed E-state index contributed by atoms with van der Waals surface area (Å²) in [5.41, 5.74) is 1.10. The van der Waals surface area contributed by atoms with E-state index in [0.717, 1.165) is 23.8 Å². The number of halogens is 2. The maximum Gasteiger partial charge on any atom is 0.251 e. The first-order valence-electron chi connectivity index (χ1n) is 15.5. The third-order valence-corrected chi connectivity index (χ3v) is 8.95. The van der Waals surface area contributed by atoms with E-state index in [0.29, 0.717) is 51.5 Å². The van der Waals surface area contributed by atoms with Gasteiger partial charge in [-0.3, -0.25) is 9.69 Å². The number of aliphatic hydroxyl groups is 2. The zero-order chi connectivity index (χ0) is 31.6. The van der Waals surface area contributed by atoms with E-state index in [2.05, 4.69) is 25.7 Å². The highest BCUT2D eigenvalue weighted by Crippen LogP contribution is 2.39. The van der Waals surface area contributed by atoms with E-state index in [4.69, 9.17) is 9.72 Å². The van der Waals surface area contributed by atoms with E-state index in [9.17, 15) is 19.4 Å². The lowest BCUT2D eigenvalue weighted by Gasteiger charge is -2.40. The number of carbonyl (C=O) groups is 1.